The number of aryl methyl sites for hydroxylation is 6. The van der Waals surface area contributed by atoms with Crippen molar-refractivity contribution in [2.75, 3.05) is 0 Å². The minimum absolute atomic E-state index is 0.0429. The molecule has 0 bridgehead atoms. The molecule has 0 spiro atoms. The summed E-state index contributed by atoms with van der Waals surface area (Å²) in [5, 5.41) is 4.63. The van der Waals surface area contributed by atoms with Gasteiger partial charge in [0.05, 0.1) is 27.8 Å². The highest BCUT2D eigenvalue weighted by molar-refractivity contribution is 6.13. The number of hydrogen-bond donors (Lipinski definition) is 0. The van der Waals surface area contributed by atoms with Gasteiger partial charge in [0, 0.05) is 32.7 Å². The van der Waals surface area contributed by atoms with E-state index >= 15 is 0 Å². The highest BCUT2D eigenvalue weighted by Crippen LogP contribution is 2.45. The van der Waals surface area contributed by atoms with Crippen LogP contribution in [-0.2, 0) is 21.7 Å². The molecule has 0 radical (unpaired) electrons. The van der Waals surface area contributed by atoms with Gasteiger partial charge >= 0.3 is 0 Å². The van der Waals surface area contributed by atoms with E-state index in [1.807, 2.05) is 0 Å². The predicted octanol–water partition coefficient (Wildman–Crippen LogP) is 23.1. The lowest BCUT2D eigenvalue weighted by atomic mass is 9.78. The summed E-state index contributed by atoms with van der Waals surface area (Å²) < 4.78 is 4.72. The molecule has 5 heteroatoms. The zero-order valence-corrected chi connectivity index (χ0v) is 56.1. The van der Waals surface area contributed by atoms with Gasteiger partial charge in [0.15, 0.2) is 11.6 Å². The highest BCUT2D eigenvalue weighted by atomic mass is 15.2. The van der Waals surface area contributed by atoms with Gasteiger partial charge in [-0.05, 0) is 213 Å². The fraction of sp³-hybridized carbons (Fsp3) is 0.259. The Morgan fingerprint density at radius 1 is 0.278 bits per heavy atom. The summed E-state index contributed by atoms with van der Waals surface area (Å²) in [7, 11) is 0. The van der Waals surface area contributed by atoms with E-state index in [9.17, 15) is 0 Å². The molecule has 0 atom stereocenters. The van der Waals surface area contributed by atoms with Gasteiger partial charge in [-0.25, -0.2) is 4.98 Å². The zero-order valence-electron chi connectivity index (χ0n) is 56.1. The van der Waals surface area contributed by atoms with Crippen LogP contribution in [0, 0.1) is 41.5 Å². The topological polar surface area (TPSA) is 48.5 Å². The van der Waals surface area contributed by atoms with Gasteiger partial charge in [0.2, 0.25) is 5.95 Å². The number of para-hydroxylation sites is 1. The Morgan fingerprint density at radius 2 is 0.622 bits per heavy atom. The Morgan fingerprint density at radius 3 is 1.02 bits per heavy atom. The van der Waals surface area contributed by atoms with Crippen molar-refractivity contribution in [3.63, 3.8) is 0 Å². The Hall–Kier alpha value is -9.19. The maximum Gasteiger partial charge on any atom is 0.238 e. The van der Waals surface area contributed by atoms with Crippen molar-refractivity contribution in [2.24, 2.45) is 0 Å². The number of fused-ring (bicyclic) bond motifs is 6. The van der Waals surface area contributed by atoms with Gasteiger partial charge in [0.1, 0.15) is 0 Å². The summed E-state index contributed by atoms with van der Waals surface area (Å²) in [5.74, 6) is 1.73. The third kappa shape index (κ3) is 10.8. The average molecular weight is 1180 g/mol. The zero-order chi connectivity index (χ0) is 63.7. The fourth-order valence-electron chi connectivity index (χ4n) is 13.9. The molecular formula is C85H85N5. The second-order valence-electron chi connectivity index (χ2n) is 29.9. The average Bonchev–Trinajstić information content (AvgIpc) is 1.58. The molecule has 3 heterocycles. The number of aromatic nitrogens is 5. The van der Waals surface area contributed by atoms with Crippen LogP contribution in [0.25, 0.3) is 123 Å². The lowest BCUT2D eigenvalue weighted by Gasteiger charge is -2.26. The van der Waals surface area contributed by atoms with Crippen LogP contribution in [0.1, 0.15) is 139 Å². The lowest BCUT2D eigenvalue weighted by Crippen LogP contribution is -2.16. The molecule has 13 aromatic rings. The molecule has 0 unspecified atom stereocenters. The summed E-state index contributed by atoms with van der Waals surface area (Å²) in [6.07, 6.45) is 0. The molecule has 0 aliphatic rings. The van der Waals surface area contributed by atoms with E-state index in [0.29, 0.717) is 17.6 Å². The quantitative estimate of drug-likeness (QED) is 0.152. The lowest BCUT2D eigenvalue weighted by molar-refractivity contribution is 0.568. The minimum atomic E-state index is -0.0429. The van der Waals surface area contributed by atoms with Gasteiger partial charge in [-0.15, -0.1) is 0 Å². The monoisotopic (exact) mass is 1180 g/mol. The van der Waals surface area contributed by atoms with Crippen LogP contribution in [-0.4, -0.2) is 24.1 Å². The molecule has 0 saturated carbocycles. The third-order valence-corrected chi connectivity index (χ3v) is 18.7. The standard InChI is InChI=1S/C85H85N5/c1-50-36-52(3)77(53(4)37-50)59-30-34-73-70(46-59)71-47-60(78-54(5)38-51(2)39-55(78)6)31-35-74(71)89(73)72-27-23-22-26-67(72)80-86-79(56-24-20-19-21-25-56)87-81(88-80)90-75-32-28-57(61-40-63(82(7,8)9)48-64(41-61)83(10,11)12)44-68(75)69-45-58(29-33-76(69)90)62-42-65(84(13,14)15)49-66(43-62)85(16,17)18/h19-49H,1-18H3. The van der Waals surface area contributed by atoms with E-state index in [-0.39, 0.29) is 21.7 Å². The summed E-state index contributed by atoms with van der Waals surface area (Å²) in [6.45, 7) is 41.1. The van der Waals surface area contributed by atoms with E-state index in [2.05, 4.69) is 322 Å². The summed E-state index contributed by atoms with van der Waals surface area (Å²) >= 11 is 0. The Labute approximate surface area is 533 Å². The third-order valence-electron chi connectivity index (χ3n) is 18.7. The van der Waals surface area contributed by atoms with Crippen LogP contribution in [0.4, 0.5) is 0 Å². The molecule has 5 nitrogen and oxygen atoms in total. The predicted molar refractivity (Wildman–Crippen MR) is 384 cm³/mol. The van der Waals surface area contributed by atoms with E-state index in [1.165, 1.54) is 111 Å². The Bertz CT molecular complexity index is 4680. The van der Waals surface area contributed by atoms with E-state index in [4.69, 9.17) is 15.0 Å². The van der Waals surface area contributed by atoms with Gasteiger partial charge in [-0.1, -0.05) is 222 Å². The molecule has 0 amide bonds. The first-order chi connectivity index (χ1) is 42.6. The first kappa shape index (κ1) is 59.8. The van der Waals surface area contributed by atoms with Crippen molar-refractivity contribution in [2.45, 2.75) is 146 Å². The summed E-state index contributed by atoms with van der Waals surface area (Å²) in [4.78, 5) is 16.7. The number of hydrogen-bond acceptors (Lipinski definition) is 3. The van der Waals surface area contributed by atoms with Crippen molar-refractivity contribution < 1.29 is 0 Å². The molecule has 90 heavy (non-hydrogen) atoms. The normalized spacial score (nSPS) is 12.6. The van der Waals surface area contributed by atoms with Crippen LogP contribution < -0.4 is 0 Å². The molecule has 0 N–H and O–H groups in total. The summed E-state index contributed by atoms with van der Waals surface area (Å²) in [6, 6.07) is 70.8. The van der Waals surface area contributed by atoms with Crippen LogP contribution >= 0.6 is 0 Å². The van der Waals surface area contributed by atoms with Crippen molar-refractivity contribution in [3.05, 3.63) is 244 Å². The molecular weight excluding hydrogens is 1090 g/mol. The molecule has 13 rings (SSSR count). The van der Waals surface area contributed by atoms with E-state index < -0.39 is 0 Å². The van der Waals surface area contributed by atoms with Gasteiger partial charge < -0.3 is 4.57 Å². The number of nitrogens with zero attached hydrogens (tertiary/aromatic N) is 5. The Balaban J connectivity index is 1.07. The minimum Gasteiger partial charge on any atom is -0.309 e. The highest BCUT2D eigenvalue weighted by Gasteiger charge is 2.27. The van der Waals surface area contributed by atoms with E-state index in [0.717, 1.165) is 49.7 Å². The van der Waals surface area contributed by atoms with E-state index in [1.54, 1.807) is 0 Å². The van der Waals surface area contributed by atoms with Crippen molar-refractivity contribution in [3.8, 4) is 78.9 Å². The van der Waals surface area contributed by atoms with Gasteiger partial charge in [0.25, 0.3) is 0 Å². The maximum absolute atomic E-state index is 5.71. The van der Waals surface area contributed by atoms with Crippen LogP contribution in [0.15, 0.2) is 188 Å². The molecule has 0 fully saturated rings. The molecule has 10 aromatic carbocycles. The molecule has 0 saturated heterocycles. The van der Waals surface area contributed by atoms with Crippen LogP contribution in [0.2, 0.25) is 0 Å². The molecule has 3 aromatic heterocycles. The van der Waals surface area contributed by atoms with Crippen molar-refractivity contribution in [1.29, 1.82) is 0 Å². The fourth-order valence-corrected chi connectivity index (χ4v) is 13.9. The second kappa shape index (κ2) is 21.8. The first-order valence-corrected chi connectivity index (χ1v) is 32.1. The number of rotatable bonds is 8. The maximum atomic E-state index is 5.71. The van der Waals surface area contributed by atoms with Gasteiger partial charge in [-0.2, -0.15) is 9.97 Å². The largest absolute Gasteiger partial charge is 0.309 e. The molecule has 0 aliphatic heterocycles. The smallest absolute Gasteiger partial charge is 0.238 e. The summed E-state index contributed by atoms with van der Waals surface area (Å²) in [5.41, 5.74) is 29.5. The second-order valence-corrected chi connectivity index (χ2v) is 29.9. The van der Waals surface area contributed by atoms with Crippen LogP contribution in [0.3, 0.4) is 0 Å². The van der Waals surface area contributed by atoms with Crippen LogP contribution in [0.5, 0.6) is 0 Å². The molecule has 450 valence electrons. The first-order valence-electron chi connectivity index (χ1n) is 32.1. The SMILES string of the molecule is Cc1cc(C)c(-c2ccc3c(c2)c2cc(-c4c(C)cc(C)cc4C)ccc2n3-c2ccccc2-c2nc(-c3ccccc3)nc(-n3c4ccc(-c5cc(C(C)(C)C)cc(C(C)(C)C)c5)cc4c4cc(-c5cc(C(C)(C)C)cc(C(C)(C)C)c5)ccc43)n2)c(C)c1. The number of benzene rings is 10. The molecule has 0 aliphatic carbocycles. The van der Waals surface area contributed by atoms with Crippen molar-refractivity contribution in [1.82, 2.24) is 24.1 Å². The van der Waals surface area contributed by atoms with Gasteiger partial charge in [-0.3, -0.25) is 4.57 Å². The Kier molecular flexibility index (Phi) is 14.5. The van der Waals surface area contributed by atoms with Crippen molar-refractivity contribution >= 4 is 43.6 Å².